The molecule has 44 heavy (non-hydrogen) atoms. The Morgan fingerprint density at radius 2 is 1.68 bits per heavy atom. The molecule has 3 aliphatic rings. The number of nitrogens with one attached hydrogen (secondary N) is 1. The molecule has 1 aromatic heterocycles. The van der Waals surface area contributed by atoms with Crippen molar-refractivity contribution in [3.8, 4) is 5.75 Å². The van der Waals surface area contributed by atoms with Crippen molar-refractivity contribution in [1.82, 2.24) is 15.2 Å². The standard InChI is InChI=1S/C39H40N3OP/c1-3-28-27-42-23-21-29(28)24-37(42)39(34-20-22-40-36-19-18-31(43-2)25-35(34)36)41-26-30-12-10-11-17-38(30)44(32-13-6-4-7-14-32)33-15-8-5-9-16-33/h3-20,22,25,28-29,37,39,41H,1,21,23-24,26-27H2,2H3/t28?,29?,37?,39-/m0/s1. The van der Waals surface area contributed by atoms with E-state index in [0.717, 1.165) is 36.3 Å². The van der Waals surface area contributed by atoms with Crippen LogP contribution in [-0.4, -0.2) is 36.1 Å². The number of fused-ring (bicyclic) bond motifs is 4. The summed E-state index contributed by atoms with van der Waals surface area (Å²) in [7, 11) is 1.04. The predicted molar refractivity (Wildman–Crippen MR) is 185 cm³/mol. The molecule has 8 rings (SSSR count). The smallest absolute Gasteiger partial charge is 0.119 e. The van der Waals surface area contributed by atoms with Crippen LogP contribution < -0.4 is 26.0 Å². The normalized spacial score (nSPS) is 21.8. The number of methoxy groups -OCH3 is 1. The Morgan fingerprint density at radius 1 is 0.955 bits per heavy atom. The van der Waals surface area contributed by atoms with Gasteiger partial charge in [0.05, 0.1) is 12.6 Å². The Morgan fingerprint density at radius 3 is 2.36 bits per heavy atom. The molecule has 0 amide bonds. The first-order chi connectivity index (χ1) is 21.7. The number of ether oxygens (including phenoxy) is 1. The second kappa shape index (κ2) is 13.0. The van der Waals surface area contributed by atoms with Crippen LogP contribution >= 0.6 is 7.92 Å². The van der Waals surface area contributed by atoms with Crippen molar-refractivity contribution in [2.75, 3.05) is 20.2 Å². The number of nitrogens with zero attached hydrogens (tertiary/aromatic N) is 2. The Balaban J connectivity index is 1.28. The summed E-state index contributed by atoms with van der Waals surface area (Å²) in [5.41, 5.74) is 3.66. The minimum atomic E-state index is -0.702. The molecule has 3 saturated heterocycles. The lowest BCUT2D eigenvalue weighted by atomic mass is 9.73. The number of benzene rings is 4. The molecule has 2 bridgehead atoms. The summed E-state index contributed by atoms with van der Waals surface area (Å²) >= 11 is 0. The lowest BCUT2D eigenvalue weighted by Gasteiger charge is -2.52. The van der Waals surface area contributed by atoms with Gasteiger partial charge in [-0.25, -0.2) is 0 Å². The highest BCUT2D eigenvalue weighted by molar-refractivity contribution is 7.79. The van der Waals surface area contributed by atoms with Crippen LogP contribution in [0, 0.1) is 11.8 Å². The van der Waals surface area contributed by atoms with E-state index in [1.807, 2.05) is 12.3 Å². The van der Waals surface area contributed by atoms with Crippen LogP contribution in [0.5, 0.6) is 5.75 Å². The highest BCUT2D eigenvalue weighted by Crippen LogP contribution is 2.43. The summed E-state index contributed by atoms with van der Waals surface area (Å²) in [4.78, 5) is 7.44. The molecule has 4 nitrogen and oxygen atoms in total. The Hall–Kier alpha value is -3.82. The average Bonchev–Trinajstić information content (AvgIpc) is 3.10. The third kappa shape index (κ3) is 5.71. The Kier molecular flexibility index (Phi) is 8.57. The zero-order valence-electron chi connectivity index (χ0n) is 25.3. The Bertz CT molecular complexity index is 1690. The van der Waals surface area contributed by atoms with Gasteiger partial charge in [-0.1, -0.05) is 91.0 Å². The highest BCUT2D eigenvalue weighted by Gasteiger charge is 2.42. The molecule has 1 N–H and O–H groups in total. The van der Waals surface area contributed by atoms with Crippen LogP contribution in [0.1, 0.15) is 30.0 Å². The molecule has 4 aromatic carbocycles. The molecule has 4 heterocycles. The summed E-state index contributed by atoms with van der Waals surface area (Å²) in [6.45, 7) is 7.20. The summed E-state index contributed by atoms with van der Waals surface area (Å²) in [5, 5.41) is 9.45. The van der Waals surface area contributed by atoms with Crippen LogP contribution in [0.15, 0.2) is 128 Å². The molecule has 0 radical (unpaired) electrons. The van der Waals surface area contributed by atoms with E-state index >= 15 is 0 Å². The summed E-state index contributed by atoms with van der Waals surface area (Å²) < 4.78 is 5.67. The van der Waals surface area contributed by atoms with Gasteiger partial charge >= 0.3 is 0 Å². The lowest BCUT2D eigenvalue weighted by molar-refractivity contribution is 0.000957. The Labute approximate surface area is 262 Å². The number of hydrogen-bond acceptors (Lipinski definition) is 4. The van der Waals surface area contributed by atoms with Crippen molar-refractivity contribution in [3.05, 3.63) is 139 Å². The molecule has 222 valence electrons. The molecule has 3 fully saturated rings. The third-order valence-electron chi connectivity index (χ3n) is 9.63. The van der Waals surface area contributed by atoms with Crippen LogP contribution in [0.2, 0.25) is 0 Å². The lowest BCUT2D eigenvalue weighted by Crippen LogP contribution is -2.57. The minimum Gasteiger partial charge on any atom is -0.497 e. The molecular weight excluding hydrogens is 557 g/mol. The predicted octanol–water partition coefficient (Wildman–Crippen LogP) is 6.73. The van der Waals surface area contributed by atoms with Gasteiger partial charge in [-0.3, -0.25) is 9.88 Å². The summed E-state index contributed by atoms with van der Waals surface area (Å²) in [6, 6.07) is 40.1. The van der Waals surface area contributed by atoms with Crippen molar-refractivity contribution < 1.29 is 4.74 Å². The first kappa shape index (κ1) is 28.9. The van der Waals surface area contributed by atoms with Gasteiger partial charge in [-0.05, 0) is 90.4 Å². The van der Waals surface area contributed by atoms with Crippen molar-refractivity contribution in [3.63, 3.8) is 0 Å². The zero-order chi connectivity index (χ0) is 29.9. The molecular formula is C39H40N3OP. The van der Waals surface area contributed by atoms with Crippen molar-refractivity contribution >= 4 is 34.7 Å². The number of rotatable bonds is 10. The van der Waals surface area contributed by atoms with E-state index in [2.05, 4.69) is 126 Å². The van der Waals surface area contributed by atoms with Crippen LogP contribution in [0.4, 0.5) is 0 Å². The maximum atomic E-state index is 5.67. The van der Waals surface area contributed by atoms with E-state index in [4.69, 9.17) is 9.72 Å². The summed E-state index contributed by atoms with van der Waals surface area (Å²) in [6.07, 6.45) is 6.59. The first-order valence-electron chi connectivity index (χ1n) is 15.7. The maximum absolute atomic E-state index is 5.67. The largest absolute Gasteiger partial charge is 0.497 e. The first-order valence-corrected chi connectivity index (χ1v) is 17.1. The highest BCUT2D eigenvalue weighted by atomic mass is 31.1. The molecule has 0 spiro atoms. The van der Waals surface area contributed by atoms with Crippen LogP contribution in [0.3, 0.4) is 0 Å². The molecule has 0 saturated carbocycles. The number of hydrogen-bond donors (Lipinski definition) is 1. The van der Waals surface area contributed by atoms with E-state index in [0.29, 0.717) is 17.9 Å². The van der Waals surface area contributed by atoms with Gasteiger partial charge < -0.3 is 10.1 Å². The minimum absolute atomic E-state index is 0.147. The quantitative estimate of drug-likeness (QED) is 0.143. The fourth-order valence-corrected chi connectivity index (χ4v) is 9.87. The average molecular weight is 598 g/mol. The second-order valence-electron chi connectivity index (χ2n) is 12.0. The molecule has 5 atom stereocenters. The van der Waals surface area contributed by atoms with E-state index in [9.17, 15) is 0 Å². The SMILES string of the molecule is C=CC1CN2CCC1CC2[C@@H](NCc1ccccc1P(c1ccccc1)c1ccccc1)c1ccnc2ccc(OC)cc12. The molecule has 0 aliphatic carbocycles. The van der Waals surface area contributed by atoms with Gasteiger partial charge in [0, 0.05) is 36.8 Å². The third-order valence-corrected chi connectivity index (χ3v) is 12.2. The number of piperidine rings is 3. The van der Waals surface area contributed by atoms with Crippen LogP contribution in [0.25, 0.3) is 10.9 Å². The van der Waals surface area contributed by atoms with Gasteiger partial charge in [0.1, 0.15) is 5.75 Å². The monoisotopic (exact) mass is 597 g/mol. The molecule has 5 heteroatoms. The number of pyridine rings is 1. The second-order valence-corrected chi connectivity index (χ2v) is 14.2. The van der Waals surface area contributed by atoms with E-state index in [1.165, 1.54) is 39.9 Å². The topological polar surface area (TPSA) is 37.4 Å². The van der Waals surface area contributed by atoms with Crippen molar-refractivity contribution in [2.45, 2.75) is 31.5 Å². The molecule has 5 aromatic rings. The van der Waals surface area contributed by atoms with Crippen molar-refractivity contribution in [2.24, 2.45) is 11.8 Å². The van der Waals surface area contributed by atoms with Crippen LogP contribution in [-0.2, 0) is 6.54 Å². The van der Waals surface area contributed by atoms with E-state index < -0.39 is 7.92 Å². The number of aromatic nitrogens is 1. The molecule has 3 aliphatic heterocycles. The van der Waals surface area contributed by atoms with Gasteiger partial charge in [0.2, 0.25) is 0 Å². The fourth-order valence-electron chi connectivity index (χ4n) is 7.40. The molecule has 4 unspecified atom stereocenters. The van der Waals surface area contributed by atoms with Crippen molar-refractivity contribution in [1.29, 1.82) is 0 Å². The van der Waals surface area contributed by atoms with E-state index in [1.54, 1.807) is 7.11 Å². The van der Waals surface area contributed by atoms with Gasteiger partial charge in [0.15, 0.2) is 0 Å². The van der Waals surface area contributed by atoms with E-state index in [-0.39, 0.29) is 6.04 Å². The summed E-state index contributed by atoms with van der Waals surface area (Å²) in [5.74, 6) is 2.13. The maximum Gasteiger partial charge on any atom is 0.119 e. The van der Waals surface area contributed by atoms with Gasteiger partial charge in [0.25, 0.3) is 0 Å². The van der Waals surface area contributed by atoms with Gasteiger partial charge in [-0.2, -0.15) is 0 Å². The zero-order valence-corrected chi connectivity index (χ0v) is 26.2. The fraction of sp³-hybridized carbons (Fsp3) is 0.256. The van der Waals surface area contributed by atoms with Gasteiger partial charge in [-0.15, -0.1) is 6.58 Å².